The van der Waals surface area contributed by atoms with Gasteiger partial charge in [0.25, 0.3) is 5.91 Å². The molecular formula is C18H30N4O2. The van der Waals surface area contributed by atoms with Crippen molar-refractivity contribution in [3.63, 3.8) is 0 Å². The monoisotopic (exact) mass is 334 g/mol. The third kappa shape index (κ3) is 7.97. The molecule has 3 N–H and O–H groups in total. The third-order valence-corrected chi connectivity index (χ3v) is 3.23. The number of rotatable bonds is 10. The van der Waals surface area contributed by atoms with Gasteiger partial charge in [0.1, 0.15) is 0 Å². The van der Waals surface area contributed by atoms with Crippen LogP contribution < -0.4 is 16.0 Å². The summed E-state index contributed by atoms with van der Waals surface area (Å²) in [7, 11) is 0. The fourth-order valence-electron chi connectivity index (χ4n) is 2.05. The van der Waals surface area contributed by atoms with Crippen molar-refractivity contribution in [1.29, 1.82) is 0 Å². The highest BCUT2D eigenvalue weighted by Crippen LogP contribution is 2.06. The second-order valence-electron chi connectivity index (χ2n) is 5.28. The van der Waals surface area contributed by atoms with Crippen LogP contribution in [0.1, 0.15) is 43.1 Å². The number of nitrogens with zero attached hydrogens (tertiary/aromatic N) is 1. The number of amides is 1. The van der Waals surface area contributed by atoms with Crippen LogP contribution in [0.5, 0.6) is 0 Å². The molecule has 0 saturated carbocycles. The molecule has 0 aromatic heterocycles. The summed E-state index contributed by atoms with van der Waals surface area (Å²) in [5.74, 6) is 0.711. The zero-order chi connectivity index (χ0) is 17.6. The molecule has 6 nitrogen and oxygen atoms in total. The number of hydrogen-bond acceptors (Lipinski definition) is 3. The zero-order valence-corrected chi connectivity index (χ0v) is 15.0. The third-order valence-electron chi connectivity index (χ3n) is 3.23. The normalized spacial score (nSPS) is 11.2. The summed E-state index contributed by atoms with van der Waals surface area (Å²) < 4.78 is 5.31. The first-order valence-electron chi connectivity index (χ1n) is 8.68. The predicted octanol–water partition coefficient (Wildman–Crippen LogP) is 1.92. The Morgan fingerprint density at radius 3 is 2.67 bits per heavy atom. The van der Waals surface area contributed by atoms with Gasteiger partial charge in [-0.05, 0) is 38.0 Å². The van der Waals surface area contributed by atoms with E-state index >= 15 is 0 Å². The fourth-order valence-corrected chi connectivity index (χ4v) is 2.05. The molecule has 134 valence electrons. The lowest BCUT2D eigenvalue weighted by Crippen LogP contribution is -2.39. The maximum Gasteiger partial charge on any atom is 0.251 e. The molecular weight excluding hydrogens is 304 g/mol. The summed E-state index contributed by atoms with van der Waals surface area (Å²) in [4.78, 5) is 16.6. The second kappa shape index (κ2) is 12.4. The molecule has 24 heavy (non-hydrogen) atoms. The first-order chi connectivity index (χ1) is 11.7. The van der Waals surface area contributed by atoms with E-state index in [0.717, 1.165) is 24.5 Å². The first kappa shape index (κ1) is 20.0. The predicted molar refractivity (Wildman–Crippen MR) is 98.4 cm³/mol. The Kier molecular flexibility index (Phi) is 10.3. The van der Waals surface area contributed by atoms with E-state index in [9.17, 15) is 4.79 Å². The Balaban J connectivity index is 2.62. The molecule has 1 aromatic rings. The minimum atomic E-state index is -0.0376. The van der Waals surface area contributed by atoms with Gasteiger partial charge < -0.3 is 20.7 Å². The van der Waals surface area contributed by atoms with E-state index in [4.69, 9.17) is 4.74 Å². The van der Waals surface area contributed by atoms with E-state index in [0.29, 0.717) is 38.4 Å². The first-order valence-corrected chi connectivity index (χ1v) is 8.68. The Morgan fingerprint density at radius 2 is 1.96 bits per heavy atom. The second-order valence-corrected chi connectivity index (χ2v) is 5.28. The van der Waals surface area contributed by atoms with Crippen LogP contribution in [0.3, 0.4) is 0 Å². The van der Waals surface area contributed by atoms with E-state index in [1.165, 1.54) is 0 Å². The van der Waals surface area contributed by atoms with Crippen LogP contribution in [0.25, 0.3) is 0 Å². The minimum absolute atomic E-state index is 0.0376. The summed E-state index contributed by atoms with van der Waals surface area (Å²) in [5, 5.41) is 9.31. The summed E-state index contributed by atoms with van der Waals surface area (Å²) in [6.07, 6.45) is 0.926. The van der Waals surface area contributed by atoms with E-state index < -0.39 is 0 Å². The molecule has 0 aliphatic carbocycles. The maximum atomic E-state index is 12.0. The van der Waals surface area contributed by atoms with Gasteiger partial charge >= 0.3 is 0 Å². The number of ether oxygens (including phenoxy) is 1. The highest BCUT2D eigenvalue weighted by Gasteiger charge is 2.05. The Morgan fingerprint density at radius 1 is 1.12 bits per heavy atom. The number of nitrogens with one attached hydrogen (secondary N) is 3. The quantitative estimate of drug-likeness (QED) is 0.347. The molecule has 0 aliphatic rings. The summed E-state index contributed by atoms with van der Waals surface area (Å²) in [5.41, 5.74) is 1.67. The molecule has 0 saturated heterocycles. The van der Waals surface area contributed by atoms with Gasteiger partial charge in [0.05, 0.1) is 13.2 Å². The van der Waals surface area contributed by atoms with Gasteiger partial charge in [0.15, 0.2) is 5.96 Å². The average molecular weight is 334 g/mol. The van der Waals surface area contributed by atoms with E-state index in [1.807, 2.05) is 45.0 Å². The van der Waals surface area contributed by atoms with Gasteiger partial charge in [0.2, 0.25) is 0 Å². The van der Waals surface area contributed by atoms with Crippen molar-refractivity contribution in [3.05, 3.63) is 35.4 Å². The molecule has 0 bridgehead atoms. The molecule has 6 heteroatoms. The number of carbonyl (C=O) groups excluding carboxylic acids is 1. The highest BCUT2D eigenvalue weighted by atomic mass is 16.5. The van der Waals surface area contributed by atoms with Gasteiger partial charge in [-0.25, -0.2) is 4.99 Å². The Bertz CT molecular complexity index is 517. The number of benzene rings is 1. The van der Waals surface area contributed by atoms with Crippen molar-refractivity contribution >= 4 is 11.9 Å². The van der Waals surface area contributed by atoms with Crippen LogP contribution in [-0.4, -0.2) is 44.7 Å². The fraction of sp³-hybridized carbons (Fsp3) is 0.556. The number of hydrogen-bond donors (Lipinski definition) is 3. The molecule has 0 spiro atoms. The average Bonchev–Trinajstić information content (AvgIpc) is 2.61. The van der Waals surface area contributed by atoms with Crippen LogP contribution in [-0.2, 0) is 11.3 Å². The molecule has 1 rings (SSSR count). The highest BCUT2D eigenvalue weighted by molar-refractivity contribution is 5.94. The number of aliphatic imine (C=N–C) groups is 1. The van der Waals surface area contributed by atoms with Gasteiger partial charge in [-0.2, -0.15) is 0 Å². The maximum absolute atomic E-state index is 12.0. The molecule has 0 fully saturated rings. The summed E-state index contributed by atoms with van der Waals surface area (Å²) >= 11 is 0. The lowest BCUT2D eigenvalue weighted by atomic mass is 10.1. The van der Waals surface area contributed by atoms with E-state index in [1.54, 1.807) is 0 Å². The topological polar surface area (TPSA) is 74.8 Å². The van der Waals surface area contributed by atoms with Crippen molar-refractivity contribution in [2.75, 3.05) is 32.8 Å². The number of guanidine groups is 1. The van der Waals surface area contributed by atoms with Crippen LogP contribution in [0.15, 0.2) is 29.3 Å². The molecule has 0 unspecified atom stereocenters. The van der Waals surface area contributed by atoms with Crippen LogP contribution in [0, 0.1) is 0 Å². The van der Waals surface area contributed by atoms with Crippen molar-refractivity contribution in [2.45, 2.75) is 33.7 Å². The standard InChI is InChI=1S/C18H30N4O2/c1-4-10-20-17(23)16-9-7-8-15(13-16)14-22-18(19-5-2)21-11-12-24-6-3/h7-9,13H,4-6,10-12,14H2,1-3H3,(H,20,23)(H2,19,21,22). The largest absolute Gasteiger partial charge is 0.380 e. The zero-order valence-electron chi connectivity index (χ0n) is 15.0. The minimum Gasteiger partial charge on any atom is -0.380 e. The van der Waals surface area contributed by atoms with Crippen molar-refractivity contribution < 1.29 is 9.53 Å². The molecule has 1 amide bonds. The number of carbonyl (C=O) groups is 1. The molecule has 0 aliphatic heterocycles. The Labute approximate surface area is 145 Å². The van der Waals surface area contributed by atoms with Gasteiger partial charge in [0, 0.05) is 31.8 Å². The lowest BCUT2D eigenvalue weighted by Gasteiger charge is -2.11. The van der Waals surface area contributed by atoms with Crippen LogP contribution in [0.4, 0.5) is 0 Å². The van der Waals surface area contributed by atoms with Gasteiger partial charge in [-0.15, -0.1) is 0 Å². The van der Waals surface area contributed by atoms with E-state index in [-0.39, 0.29) is 5.91 Å². The lowest BCUT2D eigenvalue weighted by molar-refractivity contribution is 0.0953. The molecule has 0 heterocycles. The smallest absolute Gasteiger partial charge is 0.251 e. The van der Waals surface area contributed by atoms with Crippen molar-refractivity contribution in [1.82, 2.24) is 16.0 Å². The molecule has 0 radical (unpaired) electrons. The SMILES string of the molecule is CCCNC(=O)c1cccc(CN=C(NCC)NCCOCC)c1. The van der Waals surface area contributed by atoms with Crippen LogP contribution >= 0.6 is 0 Å². The van der Waals surface area contributed by atoms with E-state index in [2.05, 4.69) is 20.9 Å². The summed E-state index contributed by atoms with van der Waals surface area (Å²) in [6.45, 7) is 10.1. The molecule has 1 aromatic carbocycles. The van der Waals surface area contributed by atoms with Gasteiger partial charge in [-0.1, -0.05) is 19.1 Å². The molecule has 0 atom stereocenters. The van der Waals surface area contributed by atoms with Crippen molar-refractivity contribution in [3.8, 4) is 0 Å². The summed E-state index contributed by atoms with van der Waals surface area (Å²) in [6, 6.07) is 7.58. The van der Waals surface area contributed by atoms with Crippen LogP contribution in [0.2, 0.25) is 0 Å². The van der Waals surface area contributed by atoms with Crippen molar-refractivity contribution in [2.24, 2.45) is 4.99 Å². The van der Waals surface area contributed by atoms with Gasteiger partial charge in [-0.3, -0.25) is 4.79 Å². The Hall–Kier alpha value is -2.08.